The Morgan fingerprint density at radius 1 is 1.31 bits per heavy atom. The molecule has 0 amide bonds. The lowest BCUT2D eigenvalue weighted by Gasteiger charge is -2.25. The summed E-state index contributed by atoms with van der Waals surface area (Å²) in [6, 6.07) is 0.861. The molecule has 0 saturated carbocycles. The summed E-state index contributed by atoms with van der Waals surface area (Å²) in [5.41, 5.74) is 0. The van der Waals surface area contributed by atoms with Crippen LogP contribution in [0.25, 0.3) is 0 Å². The summed E-state index contributed by atoms with van der Waals surface area (Å²) >= 11 is 0. The summed E-state index contributed by atoms with van der Waals surface area (Å²) < 4.78 is 16.2. The molecule has 4 heteroatoms. The van der Waals surface area contributed by atoms with Gasteiger partial charge in [-0.3, -0.25) is 0 Å². The van der Waals surface area contributed by atoms with Crippen LogP contribution in [0.4, 0.5) is 0 Å². The minimum Gasteiger partial charge on any atom is -0.377 e. The molecule has 0 N–H and O–H groups in total. The average molecular weight is 204 g/mol. The predicted octanol–water partition coefficient (Wildman–Crippen LogP) is 2.22. The van der Waals surface area contributed by atoms with Crippen molar-refractivity contribution in [3.63, 3.8) is 0 Å². The molecule has 0 heterocycles. The first kappa shape index (κ1) is 12.8. The van der Waals surface area contributed by atoms with Crippen LogP contribution in [0.5, 0.6) is 0 Å². The maximum atomic E-state index is 5.53. The van der Waals surface area contributed by atoms with Crippen molar-refractivity contribution in [1.82, 2.24) is 0 Å². The first-order valence-corrected chi connectivity index (χ1v) is 6.53. The van der Waals surface area contributed by atoms with Gasteiger partial charge in [0.25, 0.3) is 0 Å². The first-order valence-electron chi connectivity index (χ1n) is 4.59. The zero-order valence-corrected chi connectivity index (χ0v) is 9.84. The molecule has 0 aromatic carbocycles. The van der Waals surface area contributed by atoms with E-state index in [-0.39, 0.29) is 0 Å². The van der Waals surface area contributed by atoms with Gasteiger partial charge in [-0.25, -0.2) is 0 Å². The van der Waals surface area contributed by atoms with E-state index in [0.717, 1.165) is 18.9 Å². The minimum absolute atomic E-state index is 0.641. The van der Waals surface area contributed by atoms with Crippen molar-refractivity contribution in [1.29, 1.82) is 0 Å². The maximum Gasteiger partial charge on any atom is 0.500 e. The van der Waals surface area contributed by atoms with E-state index < -0.39 is 8.80 Å². The highest BCUT2D eigenvalue weighted by Gasteiger charge is 2.37. The Bertz CT molecular complexity index is 135. The molecule has 0 spiro atoms. The average Bonchev–Trinajstić information content (AvgIpc) is 2.17. The largest absolute Gasteiger partial charge is 0.500 e. The van der Waals surface area contributed by atoms with Gasteiger partial charge in [0.05, 0.1) is 0 Å². The van der Waals surface area contributed by atoms with Crippen LogP contribution in [0.15, 0.2) is 12.7 Å². The minimum atomic E-state index is -2.33. The lowest BCUT2D eigenvalue weighted by atomic mass is 10.3. The molecule has 0 rings (SSSR count). The highest BCUT2D eigenvalue weighted by molar-refractivity contribution is 6.60. The molecular formula is C9H20O3Si. The van der Waals surface area contributed by atoms with E-state index in [9.17, 15) is 0 Å². The monoisotopic (exact) mass is 204 g/mol. The predicted molar refractivity (Wildman–Crippen MR) is 55.6 cm³/mol. The van der Waals surface area contributed by atoms with Gasteiger partial charge in [0.1, 0.15) is 0 Å². The van der Waals surface area contributed by atoms with Gasteiger partial charge < -0.3 is 13.3 Å². The van der Waals surface area contributed by atoms with Gasteiger partial charge in [-0.15, -0.1) is 6.58 Å². The van der Waals surface area contributed by atoms with Crippen molar-refractivity contribution in [2.24, 2.45) is 0 Å². The van der Waals surface area contributed by atoms with Crippen molar-refractivity contribution < 1.29 is 13.3 Å². The van der Waals surface area contributed by atoms with Crippen LogP contribution >= 0.6 is 0 Å². The van der Waals surface area contributed by atoms with Crippen molar-refractivity contribution in [2.45, 2.75) is 25.8 Å². The van der Waals surface area contributed by atoms with E-state index in [1.165, 1.54) is 0 Å². The van der Waals surface area contributed by atoms with E-state index in [2.05, 4.69) is 6.58 Å². The van der Waals surface area contributed by atoms with Crippen LogP contribution in [0.1, 0.15) is 19.8 Å². The Labute approximate surface area is 82.1 Å². The maximum absolute atomic E-state index is 5.53. The van der Waals surface area contributed by atoms with Gasteiger partial charge in [0.2, 0.25) is 0 Å². The molecule has 0 aromatic heterocycles. The second-order valence-electron chi connectivity index (χ2n) is 2.71. The molecule has 0 aliphatic heterocycles. The summed E-state index contributed by atoms with van der Waals surface area (Å²) in [6.45, 7) is 6.26. The van der Waals surface area contributed by atoms with E-state index in [0.29, 0.717) is 6.61 Å². The smallest absolute Gasteiger partial charge is 0.377 e. The first-order chi connectivity index (χ1) is 6.24. The molecule has 0 aliphatic carbocycles. The van der Waals surface area contributed by atoms with Crippen molar-refractivity contribution in [3.8, 4) is 0 Å². The molecule has 0 saturated heterocycles. The molecule has 0 bridgehead atoms. The topological polar surface area (TPSA) is 27.7 Å². The number of rotatable bonds is 8. The van der Waals surface area contributed by atoms with Crippen molar-refractivity contribution >= 4 is 8.80 Å². The number of hydrogen-bond acceptors (Lipinski definition) is 3. The molecule has 3 nitrogen and oxygen atoms in total. The highest BCUT2D eigenvalue weighted by Crippen LogP contribution is 2.17. The fourth-order valence-electron chi connectivity index (χ4n) is 1.16. The summed E-state index contributed by atoms with van der Waals surface area (Å²) in [7, 11) is 0.976. The Morgan fingerprint density at radius 2 is 1.92 bits per heavy atom. The van der Waals surface area contributed by atoms with Crippen LogP contribution in [0.3, 0.4) is 0 Å². The van der Waals surface area contributed by atoms with Crippen molar-refractivity contribution in [2.75, 3.05) is 20.8 Å². The summed E-state index contributed by atoms with van der Waals surface area (Å²) in [6.07, 6.45) is 3.89. The highest BCUT2D eigenvalue weighted by atomic mass is 28.4. The third-order valence-corrected chi connectivity index (χ3v) is 4.82. The van der Waals surface area contributed by atoms with Crippen LogP contribution in [-0.4, -0.2) is 29.6 Å². The van der Waals surface area contributed by atoms with Gasteiger partial charge in [0.15, 0.2) is 0 Å². The molecule has 0 aromatic rings. The third kappa shape index (κ3) is 4.57. The fourth-order valence-corrected chi connectivity index (χ4v) is 3.19. The second-order valence-corrected chi connectivity index (χ2v) is 5.68. The van der Waals surface area contributed by atoms with Gasteiger partial charge in [-0.1, -0.05) is 6.08 Å². The van der Waals surface area contributed by atoms with Crippen LogP contribution in [-0.2, 0) is 13.3 Å². The van der Waals surface area contributed by atoms with Crippen molar-refractivity contribution in [3.05, 3.63) is 12.7 Å². The molecule has 0 aliphatic rings. The Morgan fingerprint density at radius 3 is 2.31 bits per heavy atom. The lowest BCUT2D eigenvalue weighted by Crippen LogP contribution is -2.43. The molecule has 13 heavy (non-hydrogen) atoms. The van der Waals surface area contributed by atoms with E-state index in [1.807, 2.05) is 13.0 Å². The molecule has 0 atom stereocenters. The number of hydrogen-bond donors (Lipinski definition) is 0. The summed E-state index contributed by atoms with van der Waals surface area (Å²) in [4.78, 5) is 0. The standard InChI is InChI=1S/C9H20O3Si/c1-5-7-8-9-13(10-3,11-4)12-6-2/h5H,1,6-9H2,2-4H3. The molecule has 0 unspecified atom stereocenters. The quantitative estimate of drug-likeness (QED) is 0.345. The van der Waals surface area contributed by atoms with Gasteiger partial charge in [-0.05, 0) is 19.8 Å². The molecular weight excluding hydrogens is 184 g/mol. The second kappa shape index (κ2) is 7.26. The Hall–Kier alpha value is -0.163. The number of allylic oxidation sites excluding steroid dienone is 1. The molecule has 0 radical (unpaired) electrons. The SMILES string of the molecule is C=CCCC[Si](OC)(OC)OCC. The Balaban J connectivity index is 3.96. The zero-order valence-electron chi connectivity index (χ0n) is 8.84. The van der Waals surface area contributed by atoms with Gasteiger partial charge in [-0.2, -0.15) is 0 Å². The van der Waals surface area contributed by atoms with Crippen LogP contribution in [0.2, 0.25) is 6.04 Å². The summed E-state index contributed by atoms with van der Waals surface area (Å²) in [5.74, 6) is 0. The van der Waals surface area contributed by atoms with Gasteiger partial charge in [0, 0.05) is 26.9 Å². The fraction of sp³-hybridized carbons (Fsp3) is 0.778. The normalized spacial score (nSPS) is 11.6. The van der Waals surface area contributed by atoms with E-state index in [4.69, 9.17) is 13.3 Å². The van der Waals surface area contributed by atoms with E-state index >= 15 is 0 Å². The van der Waals surface area contributed by atoms with E-state index in [1.54, 1.807) is 14.2 Å². The van der Waals surface area contributed by atoms with Crippen LogP contribution < -0.4 is 0 Å². The molecule has 0 fully saturated rings. The zero-order chi connectivity index (χ0) is 10.2. The summed E-state index contributed by atoms with van der Waals surface area (Å²) in [5, 5.41) is 0. The number of unbranched alkanes of at least 4 members (excludes halogenated alkanes) is 1. The van der Waals surface area contributed by atoms with Crippen LogP contribution in [0, 0.1) is 0 Å². The Kier molecular flexibility index (Phi) is 7.17. The molecule has 78 valence electrons. The van der Waals surface area contributed by atoms with Gasteiger partial charge >= 0.3 is 8.80 Å². The lowest BCUT2D eigenvalue weighted by molar-refractivity contribution is 0.103. The third-order valence-electron chi connectivity index (χ3n) is 1.88.